The van der Waals surface area contributed by atoms with E-state index < -0.39 is 6.04 Å². The summed E-state index contributed by atoms with van der Waals surface area (Å²) in [6.07, 6.45) is 14.4. The van der Waals surface area contributed by atoms with Crippen LogP contribution in [-0.4, -0.2) is 24.5 Å². The van der Waals surface area contributed by atoms with Crippen LogP contribution in [0.2, 0.25) is 0 Å². The van der Waals surface area contributed by atoms with Crippen molar-refractivity contribution in [2.24, 2.45) is 5.92 Å². The number of amides is 1. The van der Waals surface area contributed by atoms with E-state index in [-0.39, 0.29) is 23.6 Å². The van der Waals surface area contributed by atoms with Gasteiger partial charge < -0.3 is 14.5 Å². The Balaban J connectivity index is 2.18. The molecule has 0 aliphatic heterocycles. The molecule has 0 aromatic carbocycles. The number of rotatable bonds is 16. The number of nitrogens with one attached hydrogen (secondary N) is 1. The highest BCUT2D eigenvalue weighted by atomic mass is 16.5. The van der Waals surface area contributed by atoms with Crippen molar-refractivity contribution in [3.63, 3.8) is 0 Å². The molecule has 0 aliphatic rings. The van der Waals surface area contributed by atoms with Crippen LogP contribution in [0.15, 0.2) is 22.8 Å². The Bertz CT molecular complexity index is 525. The lowest BCUT2D eigenvalue weighted by molar-refractivity contribution is -0.146. The number of ether oxygens (including phenoxy) is 1. The molecule has 5 heteroatoms. The maximum absolute atomic E-state index is 12.4. The van der Waals surface area contributed by atoms with Gasteiger partial charge in [-0.2, -0.15) is 0 Å². The molecule has 1 amide bonds. The molecular formula is C23H39NO4. The van der Waals surface area contributed by atoms with Gasteiger partial charge in [-0.05, 0) is 30.9 Å². The minimum absolute atomic E-state index is 0.205. The van der Waals surface area contributed by atoms with Crippen LogP contribution in [0, 0.1) is 5.92 Å². The van der Waals surface area contributed by atoms with Gasteiger partial charge in [0.25, 0.3) is 5.91 Å². The Hall–Kier alpha value is -1.78. The Kier molecular flexibility index (Phi) is 13.2. The fraction of sp³-hybridized carbons (Fsp3) is 0.739. The first-order chi connectivity index (χ1) is 13.5. The third-order valence-corrected chi connectivity index (χ3v) is 4.78. The van der Waals surface area contributed by atoms with E-state index in [0.29, 0.717) is 13.0 Å². The van der Waals surface area contributed by atoms with Crippen molar-refractivity contribution in [2.45, 2.75) is 97.4 Å². The van der Waals surface area contributed by atoms with E-state index in [0.717, 1.165) is 12.8 Å². The largest absolute Gasteiger partial charge is 0.464 e. The number of esters is 1. The Morgan fingerprint density at radius 2 is 1.61 bits per heavy atom. The van der Waals surface area contributed by atoms with Gasteiger partial charge in [0.2, 0.25) is 0 Å². The fourth-order valence-corrected chi connectivity index (χ4v) is 3.19. The predicted octanol–water partition coefficient (Wildman–Crippen LogP) is 5.89. The minimum atomic E-state index is -0.638. The number of unbranched alkanes of at least 4 members (excludes halogenated alkanes) is 9. The highest BCUT2D eigenvalue weighted by molar-refractivity contribution is 5.94. The lowest BCUT2D eigenvalue weighted by atomic mass is 10.0. The van der Waals surface area contributed by atoms with Gasteiger partial charge in [-0.1, -0.05) is 78.6 Å². The molecule has 0 fully saturated rings. The monoisotopic (exact) mass is 393 g/mol. The van der Waals surface area contributed by atoms with Crippen LogP contribution < -0.4 is 5.32 Å². The highest BCUT2D eigenvalue weighted by Crippen LogP contribution is 2.12. The van der Waals surface area contributed by atoms with Gasteiger partial charge in [-0.15, -0.1) is 0 Å². The van der Waals surface area contributed by atoms with Gasteiger partial charge in [-0.3, -0.25) is 4.79 Å². The topological polar surface area (TPSA) is 68.5 Å². The van der Waals surface area contributed by atoms with Crippen molar-refractivity contribution < 1.29 is 18.7 Å². The average Bonchev–Trinajstić information content (AvgIpc) is 3.20. The summed E-state index contributed by atoms with van der Waals surface area (Å²) in [4.78, 5) is 24.5. The van der Waals surface area contributed by atoms with Crippen LogP contribution in [0.5, 0.6) is 0 Å². The van der Waals surface area contributed by atoms with Gasteiger partial charge in [0, 0.05) is 0 Å². The summed E-state index contributed by atoms with van der Waals surface area (Å²) in [7, 11) is 0. The smallest absolute Gasteiger partial charge is 0.328 e. The second kappa shape index (κ2) is 15.2. The van der Waals surface area contributed by atoms with Gasteiger partial charge in [0.1, 0.15) is 6.04 Å². The molecule has 28 heavy (non-hydrogen) atoms. The number of furan rings is 1. The molecule has 5 nitrogen and oxygen atoms in total. The van der Waals surface area contributed by atoms with E-state index in [1.54, 1.807) is 12.1 Å². The summed E-state index contributed by atoms with van der Waals surface area (Å²) in [5.74, 6) is -0.265. The van der Waals surface area contributed by atoms with Crippen LogP contribution in [0.25, 0.3) is 0 Å². The molecule has 1 N–H and O–H groups in total. The molecule has 0 radical (unpaired) electrons. The number of carbonyl (C=O) groups is 2. The summed E-state index contributed by atoms with van der Waals surface area (Å²) in [5.41, 5.74) is 0. The minimum Gasteiger partial charge on any atom is -0.464 e. The zero-order valence-corrected chi connectivity index (χ0v) is 18.0. The van der Waals surface area contributed by atoms with E-state index in [2.05, 4.69) is 12.2 Å². The summed E-state index contributed by atoms with van der Waals surface area (Å²) >= 11 is 0. The SMILES string of the molecule is CCCCCCCCCCCCOC(=O)C(CC(C)C)NC(=O)c1ccco1. The van der Waals surface area contributed by atoms with Crippen molar-refractivity contribution in [3.05, 3.63) is 24.2 Å². The molecule has 160 valence electrons. The summed E-state index contributed by atoms with van der Waals surface area (Å²) in [5, 5.41) is 2.73. The molecule has 1 heterocycles. The molecular weight excluding hydrogens is 354 g/mol. The first-order valence-electron chi connectivity index (χ1n) is 11.1. The third-order valence-electron chi connectivity index (χ3n) is 4.78. The first kappa shape index (κ1) is 24.3. The van der Waals surface area contributed by atoms with Gasteiger partial charge in [0.05, 0.1) is 12.9 Å². The maximum Gasteiger partial charge on any atom is 0.328 e. The molecule has 0 aliphatic carbocycles. The zero-order chi connectivity index (χ0) is 20.6. The van der Waals surface area contributed by atoms with Crippen LogP contribution in [0.4, 0.5) is 0 Å². The lowest BCUT2D eigenvalue weighted by Crippen LogP contribution is -2.42. The number of carbonyl (C=O) groups excluding carboxylic acids is 2. The molecule has 1 rings (SSSR count). The molecule has 1 aromatic rings. The van der Waals surface area contributed by atoms with E-state index in [9.17, 15) is 9.59 Å². The van der Waals surface area contributed by atoms with Crippen LogP contribution in [0.3, 0.4) is 0 Å². The van der Waals surface area contributed by atoms with Crippen molar-refractivity contribution in [3.8, 4) is 0 Å². The lowest BCUT2D eigenvalue weighted by Gasteiger charge is -2.19. The van der Waals surface area contributed by atoms with Crippen LogP contribution >= 0.6 is 0 Å². The number of hydrogen-bond donors (Lipinski definition) is 1. The second-order valence-corrected chi connectivity index (χ2v) is 7.98. The van der Waals surface area contributed by atoms with Crippen LogP contribution in [-0.2, 0) is 9.53 Å². The fourth-order valence-electron chi connectivity index (χ4n) is 3.19. The molecule has 1 unspecified atom stereocenters. The van der Waals surface area contributed by atoms with E-state index in [1.165, 1.54) is 57.6 Å². The molecule has 1 atom stereocenters. The molecule has 0 spiro atoms. The quantitative estimate of drug-likeness (QED) is 0.281. The van der Waals surface area contributed by atoms with Gasteiger partial charge >= 0.3 is 5.97 Å². The first-order valence-corrected chi connectivity index (χ1v) is 11.1. The van der Waals surface area contributed by atoms with Gasteiger partial charge in [0.15, 0.2) is 5.76 Å². The Morgan fingerprint density at radius 3 is 2.14 bits per heavy atom. The van der Waals surface area contributed by atoms with E-state index in [1.807, 2.05) is 13.8 Å². The van der Waals surface area contributed by atoms with Gasteiger partial charge in [-0.25, -0.2) is 4.79 Å². The molecule has 0 saturated heterocycles. The Morgan fingerprint density at radius 1 is 1.00 bits per heavy atom. The summed E-state index contributed by atoms with van der Waals surface area (Å²) in [6, 6.07) is 2.59. The van der Waals surface area contributed by atoms with E-state index in [4.69, 9.17) is 9.15 Å². The third kappa shape index (κ3) is 11.2. The Labute approximate surface area is 170 Å². The normalized spacial score (nSPS) is 12.1. The van der Waals surface area contributed by atoms with Crippen LogP contribution in [0.1, 0.15) is 102 Å². The summed E-state index contributed by atoms with van der Waals surface area (Å²) in [6.45, 7) is 6.69. The molecule has 1 aromatic heterocycles. The molecule has 0 saturated carbocycles. The second-order valence-electron chi connectivity index (χ2n) is 7.98. The predicted molar refractivity (Wildman–Crippen MR) is 112 cm³/mol. The molecule has 0 bridgehead atoms. The average molecular weight is 394 g/mol. The van der Waals surface area contributed by atoms with Crippen molar-refractivity contribution in [1.82, 2.24) is 5.32 Å². The van der Waals surface area contributed by atoms with Crippen molar-refractivity contribution >= 4 is 11.9 Å². The highest BCUT2D eigenvalue weighted by Gasteiger charge is 2.24. The number of hydrogen-bond acceptors (Lipinski definition) is 4. The van der Waals surface area contributed by atoms with E-state index >= 15 is 0 Å². The maximum atomic E-state index is 12.4. The summed E-state index contributed by atoms with van der Waals surface area (Å²) < 4.78 is 10.5. The van der Waals surface area contributed by atoms with Crippen molar-refractivity contribution in [2.75, 3.05) is 6.61 Å². The van der Waals surface area contributed by atoms with Crippen molar-refractivity contribution in [1.29, 1.82) is 0 Å². The standard InChI is InChI=1S/C23H39NO4/c1-4-5-6-7-8-9-10-11-12-13-16-28-23(26)20(18-19(2)3)24-22(25)21-15-14-17-27-21/h14-15,17,19-20H,4-13,16,18H2,1-3H3,(H,24,25). The zero-order valence-electron chi connectivity index (χ0n) is 18.0.